The number of aryl methyl sites for hydroxylation is 1. The Balaban J connectivity index is 1.56. The number of hydrogen-bond acceptors (Lipinski definition) is 6. The van der Waals surface area contributed by atoms with E-state index in [1.54, 1.807) is 12.1 Å². The van der Waals surface area contributed by atoms with E-state index in [0.29, 0.717) is 29.4 Å². The lowest BCUT2D eigenvalue weighted by Crippen LogP contribution is -2.24. The molecule has 27 heavy (non-hydrogen) atoms. The highest BCUT2D eigenvalue weighted by molar-refractivity contribution is 5.95. The van der Waals surface area contributed by atoms with Crippen molar-refractivity contribution in [3.05, 3.63) is 41.5 Å². The predicted octanol–water partition coefficient (Wildman–Crippen LogP) is 2.80. The zero-order valence-electron chi connectivity index (χ0n) is 15.7. The van der Waals surface area contributed by atoms with Crippen LogP contribution < -0.4 is 29.0 Å². The van der Waals surface area contributed by atoms with Crippen LogP contribution in [0.2, 0.25) is 0 Å². The van der Waals surface area contributed by atoms with E-state index < -0.39 is 0 Å². The Bertz CT molecular complexity index is 795. The molecule has 0 saturated heterocycles. The molecular formula is C20H23NO6. The van der Waals surface area contributed by atoms with Crippen LogP contribution >= 0.6 is 0 Å². The monoisotopic (exact) mass is 373 g/mol. The Morgan fingerprint density at radius 3 is 2.37 bits per heavy atom. The van der Waals surface area contributed by atoms with E-state index >= 15 is 0 Å². The number of methoxy groups -OCH3 is 3. The summed E-state index contributed by atoms with van der Waals surface area (Å²) in [4.78, 5) is 12.4. The average molecular weight is 373 g/mol. The van der Waals surface area contributed by atoms with Crippen molar-refractivity contribution in [1.29, 1.82) is 0 Å². The molecule has 1 aliphatic rings. The molecule has 0 unspecified atom stereocenters. The van der Waals surface area contributed by atoms with Crippen molar-refractivity contribution >= 4 is 5.91 Å². The van der Waals surface area contributed by atoms with E-state index in [-0.39, 0.29) is 12.7 Å². The molecule has 0 aromatic heterocycles. The van der Waals surface area contributed by atoms with Crippen molar-refractivity contribution in [2.24, 2.45) is 0 Å². The standard InChI is InChI=1S/C20H23NO6/c1-23-17-10-14(11-18(24-2)19(17)25-3)20(22)21-8-4-5-13-6-7-15-16(9-13)27-12-26-15/h6-7,9-11H,4-5,8,12H2,1-3H3,(H,21,22). The summed E-state index contributed by atoms with van der Waals surface area (Å²) in [6.45, 7) is 0.813. The number of amides is 1. The molecule has 1 heterocycles. The number of hydrogen-bond donors (Lipinski definition) is 1. The number of ether oxygens (including phenoxy) is 5. The number of benzene rings is 2. The molecule has 0 atom stereocenters. The second-order valence-electron chi connectivity index (χ2n) is 5.96. The highest BCUT2D eigenvalue weighted by atomic mass is 16.7. The molecule has 144 valence electrons. The minimum Gasteiger partial charge on any atom is -0.493 e. The maximum atomic E-state index is 12.4. The molecule has 7 heteroatoms. The van der Waals surface area contributed by atoms with Gasteiger partial charge in [0.15, 0.2) is 23.0 Å². The Morgan fingerprint density at radius 1 is 1.00 bits per heavy atom. The summed E-state index contributed by atoms with van der Waals surface area (Å²) in [5.74, 6) is 2.70. The van der Waals surface area contributed by atoms with Crippen LogP contribution in [0.25, 0.3) is 0 Å². The smallest absolute Gasteiger partial charge is 0.251 e. The predicted molar refractivity (Wildman–Crippen MR) is 99.3 cm³/mol. The van der Waals surface area contributed by atoms with E-state index in [1.807, 2.05) is 18.2 Å². The van der Waals surface area contributed by atoms with Gasteiger partial charge in [-0.05, 0) is 42.7 Å². The SMILES string of the molecule is COc1cc(C(=O)NCCCc2ccc3c(c2)OCO3)cc(OC)c1OC. The lowest BCUT2D eigenvalue weighted by atomic mass is 10.1. The molecule has 7 nitrogen and oxygen atoms in total. The summed E-state index contributed by atoms with van der Waals surface area (Å²) in [5.41, 5.74) is 1.59. The Hall–Kier alpha value is -3.09. The topological polar surface area (TPSA) is 75.3 Å². The first-order chi connectivity index (χ1) is 13.2. The summed E-state index contributed by atoms with van der Waals surface area (Å²) in [6, 6.07) is 9.16. The van der Waals surface area contributed by atoms with Gasteiger partial charge in [0.05, 0.1) is 21.3 Å². The van der Waals surface area contributed by atoms with Crippen LogP contribution in [0.3, 0.4) is 0 Å². The summed E-state index contributed by atoms with van der Waals surface area (Å²) >= 11 is 0. The maximum Gasteiger partial charge on any atom is 0.251 e. The molecule has 0 spiro atoms. The number of carbonyl (C=O) groups excluding carboxylic acids is 1. The van der Waals surface area contributed by atoms with E-state index in [4.69, 9.17) is 23.7 Å². The van der Waals surface area contributed by atoms with Crippen LogP contribution in [0, 0.1) is 0 Å². The number of fused-ring (bicyclic) bond motifs is 1. The normalized spacial score (nSPS) is 11.8. The van der Waals surface area contributed by atoms with Crippen molar-refractivity contribution in [2.45, 2.75) is 12.8 Å². The van der Waals surface area contributed by atoms with Crippen LogP contribution in [0.1, 0.15) is 22.3 Å². The number of carbonyl (C=O) groups is 1. The van der Waals surface area contributed by atoms with E-state index in [1.165, 1.54) is 21.3 Å². The molecule has 2 aromatic carbocycles. The van der Waals surface area contributed by atoms with E-state index in [9.17, 15) is 4.79 Å². The number of nitrogens with one attached hydrogen (secondary N) is 1. The van der Waals surface area contributed by atoms with Gasteiger partial charge in [0.1, 0.15) is 0 Å². The maximum absolute atomic E-state index is 12.4. The van der Waals surface area contributed by atoms with Crippen LogP contribution in [0.15, 0.2) is 30.3 Å². The molecule has 3 rings (SSSR count). The lowest BCUT2D eigenvalue weighted by Gasteiger charge is -2.14. The molecule has 2 aromatic rings. The van der Waals surface area contributed by atoms with E-state index in [2.05, 4.69) is 5.32 Å². The first kappa shape index (κ1) is 18.7. The lowest BCUT2D eigenvalue weighted by molar-refractivity contribution is 0.0952. The van der Waals surface area contributed by atoms with Crippen LogP contribution in [-0.2, 0) is 6.42 Å². The van der Waals surface area contributed by atoms with Gasteiger partial charge in [0, 0.05) is 12.1 Å². The second kappa shape index (κ2) is 8.53. The molecule has 0 bridgehead atoms. The van der Waals surface area contributed by atoms with E-state index in [0.717, 1.165) is 29.9 Å². The average Bonchev–Trinajstić information content (AvgIpc) is 3.17. The molecule has 1 amide bonds. The summed E-state index contributed by atoms with van der Waals surface area (Å²) in [7, 11) is 4.56. The van der Waals surface area contributed by atoms with Crippen LogP contribution in [0.4, 0.5) is 0 Å². The van der Waals surface area contributed by atoms with Gasteiger partial charge >= 0.3 is 0 Å². The van der Waals surface area contributed by atoms with Crippen molar-refractivity contribution in [3.8, 4) is 28.7 Å². The van der Waals surface area contributed by atoms with Crippen molar-refractivity contribution < 1.29 is 28.5 Å². The fourth-order valence-electron chi connectivity index (χ4n) is 2.91. The molecule has 1 aliphatic heterocycles. The quantitative estimate of drug-likeness (QED) is 0.717. The summed E-state index contributed by atoms with van der Waals surface area (Å²) in [5, 5.41) is 2.91. The minimum absolute atomic E-state index is 0.195. The highest BCUT2D eigenvalue weighted by Gasteiger charge is 2.17. The molecule has 0 saturated carbocycles. The molecular weight excluding hydrogens is 350 g/mol. The summed E-state index contributed by atoms with van der Waals surface area (Å²) < 4.78 is 26.5. The first-order valence-electron chi connectivity index (χ1n) is 8.63. The third-order valence-electron chi connectivity index (χ3n) is 4.29. The van der Waals surface area contributed by atoms with Gasteiger partial charge in [-0.15, -0.1) is 0 Å². The first-order valence-corrected chi connectivity index (χ1v) is 8.63. The van der Waals surface area contributed by atoms with Gasteiger partial charge in [-0.3, -0.25) is 4.79 Å². The molecule has 1 N–H and O–H groups in total. The molecule has 0 fully saturated rings. The van der Waals surface area contributed by atoms with Gasteiger partial charge in [0.2, 0.25) is 12.5 Å². The number of rotatable bonds is 8. The Morgan fingerprint density at radius 2 is 1.70 bits per heavy atom. The van der Waals surface area contributed by atoms with Crippen molar-refractivity contribution in [2.75, 3.05) is 34.7 Å². The van der Waals surface area contributed by atoms with Gasteiger partial charge in [-0.1, -0.05) is 6.07 Å². The summed E-state index contributed by atoms with van der Waals surface area (Å²) in [6.07, 6.45) is 1.63. The zero-order chi connectivity index (χ0) is 19.2. The van der Waals surface area contributed by atoms with Gasteiger partial charge in [-0.2, -0.15) is 0 Å². The fourth-order valence-corrected chi connectivity index (χ4v) is 2.91. The molecule has 0 aliphatic carbocycles. The second-order valence-corrected chi connectivity index (χ2v) is 5.96. The van der Waals surface area contributed by atoms with Crippen LogP contribution in [-0.4, -0.2) is 40.6 Å². The Kier molecular flexibility index (Phi) is 5.90. The van der Waals surface area contributed by atoms with Crippen molar-refractivity contribution in [1.82, 2.24) is 5.32 Å². The largest absolute Gasteiger partial charge is 0.493 e. The minimum atomic E-state index is -0.195. The molecule has 0 radical (unpaired) electrons. The van der Waals surface area contributed by atoms with Gasteiger partial charge in [0.25, 0.3) is 5.91 Å². The zero-order valence-corrected chi connectivity index (χ0v) is 15.7. The van der Waals surface area contributed by atoms with Crippen LogP contribution in [0.5, 0.6) is 28.7 Å². The van der Waals surface area contributed by atoms with Crippen molar-refractivity contribution in [3.63, 3.8) is 0 Å². The fraction of sp³-hybridized carbons (Fsp3) is 0.350. The Labute approximate surface area is 158 Å². The highest BCUT2D eigenvalue weighted by Crippen LogP contribution is 2.38. The van der Waals surface area contributed by atoms with Gasteiger partial charge < -0.3 is 29.0 Å². The van der Waals surface area contributed by atoms with Gasteiger partial charge in [-0.25, -0.2) is 0 Å². The third-order valence-corrected chi connectivity index (χ3v) is 4.29. The third kappa shape index (κ3) is 4.19.